The van der Waals surface area contributed by atoms with Gasteiger partial charge in [-0.2, -0.15) is 0 Å². The van der Waals surface area contributed by atoms with Gasteiger partial charge in [0.15, 0.2) is 0 Å². The first-order valence-corrected chi connectivity index (χ1v) is 7.17. The summed E-state index contributed by atoms with van der Waals surface area (Å²) in [4.78, 5) is 26.8. The van der Waals surface area contributed by atoms with Crippen LogP contribution >= 0.6 is 0 Å². The first-order valence-electron chi connectivity index (χ1n) is 7.17. The van der Waals surface area contributed by atoms with E-state index in [1.165, 1.54) is 6.42 Å². The van der Waals surface area contributed by atoms with E-state index in [4.69, 9.17) is 5.11 Å². The number of rotatable bonds is 6. The van der Waals surface area contributed by atoms with Crippen molar-refractivity contribution >= 4 is 11.9 Å². The largest absolute Gasteiger partial charge is 0.481 e. The van der Waals surface area contributed by atoms with E-state index in [0.717, 1.165) is 19.4 Å². The van der Waals surface area contributed by atoms with Gasteiger partial charge in [0.1, 0.15) is 0 Å². The highest BCUT2D eigenvalue weighted by atomic mass is 16.4. The summed E-state index contributed by atoms with van der Waals surface area (Å²) in [5, 5.41) is 8.75. The Morgan fingerprint density at radius 3 is 2.58 bits per heavy atom. The Balaban J connectivity index is 2.52. The summed E-state index contributed by atoms with van der Waals surface area (Å²) >= 11 is 0. The molecule has 1 aliphatic rings. The number of nitrogens with zero attached hydrogens (tertiary/aromatic N) is 2. The minimum Gasteiger partial charge on any atom is -0.481 e. The van der Waals surface area contributed by atoms with Gasteiger partial charge in [0.25, 0.3) is 0 Å². The summed E-state index contributed by atoms with van der Waals surface area (Å²) in [6, 6.07) is 0.498. The molecule has 0 aromatic heterocycles. The normalized spacial score (nSPS) is 20.1. The van der Waals surface area contributed by atoms with E-state index in [-0.39, 0.29) is 18.4 Å². The van der Waals surface area contributed by atoms with Gasteiger partial charge in [-0.25, -0.2) is 0 Å². The number of carbonyl (C=O) groups is 2. The average molecular weight is 270 g/mol. The first kappa shape index (κ1) is 16.0. The van der Waals surface area contributed by atoms with Gasteiger partial charge in [-0.3, -0.25) is 14.5 Å². The smallest absolute Gasteiger partial charge is 0.304 e. The molecule has 0 bridgehead atoms. The first-order chi connectivity index (χ1) is 8.91. The molecule has 1 rings (SSSR count). The van der Waals surface area contributed by atoms with Crippen molar-refractivity contribution in [2.45, 2.75) is 58.5 Å². The maximum Gasteiger partial charge on any atom is 0.304 e. The topological polar surface area (TPSA) is 60.9 Å². The van der Waals surface area contributed by atoms with Crippen LogP contribution in [0.25, 0.3) is 0 Å². The SMILES string of the molecule is CC(C)N(CCC(=O)O)CC(=O)N1CCCCC1C. The molecule has 1 N–H and O–H groups in total. The second-order valence-electron chi connectivity index (χ2n) is 5.64. The van der Waals surface area contributed by atoms with Gasteiger partial charge >= 0.3 is 5.97 Å². The fourth-order valence-electron chi connectivity index (χ4n) is 2.49. The molecule has 5 nitrogen and oxygen atoms in total. The average Bonchev–Trinajstić information content (AvgIpc) is 2.34. The van der Waals surface area contributed by atoms with E-state index in [2.05, 4.69) is 6.92 Å². The van der Waals surface area contributed by atoms with Crippen LogP contribution in [-0.2, 0) is 9.59 Å². The minimum atomic E-state index is -0.815. The molecule has 0 saturated carbocycles. The number of amides is 1. The predicted octanol–water partition coefficient (Wildman–Crippen LogP) is 1.57. The lowest BCUT2D eigenvalue weighted by Gasteiger charge is -2.36. The number of aliphatic carboxylic acids is 1. The van der Waals surface area contributed by atoms with Gasteiger partial charge in [0, 0.05) is 25.2 Å². The van der Waals surface area contributed by atoms with Crippen molar-refractivity contribution in [3.8, 4) is 0 Å². The van der Waals surface area contributed by atoms with Crippen molar-refractivity contribution in [3.05, 3.63) is 0 Å². The Hall–Kier alpha value is -1.10. The standard InChI is InChI=1S/C14H26N2O3/c1-11(2)15(9-7-14(18)19)10-13(17)16-8-5-4-6-12(16)3/h11-12H,4-10H2,1-3H3,(H,18,19). The lowest BCUT2D eigenvalue weighted by atomic mass is 10.0. The highest BCUT2D eigenvalue weighted by Crippen LogP contribution is 2.17. The van der Waals surface area contributed by atoms with Crippen molar-refractivity contribution in [3.63, 3.8) is 0 Å². The van der Waals surface area contributed by atoms with E-state index < -0.39 is 5.97 Å². The molecule has 1 unspecified atom stereocenters. The van der Waals surface area contributed by atoms with Crippen LogP contribution in [0.3, 0.4) is 0 Å². The van der Waals surface area contributed by atoms with Crippen LogP contribution in [0.4, 0.5) is 0 Å². The monoisotopic (exact) mass is 270 g/mol. The van der Waals surface area contributed by atoms with Gasteiger partial charge in [-0.15, -0.1) is 0 Å². The van der Waals surface area contributed by atoms with Crippen molar-refractivity contribution in [2.24, 2.45) is 0 Å². The maximum absolute atomic E-state index is 12.3. The Bertz CT molecular complexity index is 318. The molecule has 1 aliphatic heterocycles. The highest BCUT2D eigenvalue weighted by Gasteiger charge is 2.25. The summed E-state index contributed by atoms with van der Waals surface area (Å²) in [6.07, 6.45) is 3.42. The van der Waals surface area contributed by atoms with Crippen LogP contribution in [0.1, 0.15) is 46.5 Å². The summed E-state index contributed by atoms with van der Waals surface area (Å²) in [6.45, 7) is 7.68. The summed E-state index contributed by atoms with van der Waals surface area (Å²) in [7, 11) is 0. The van der Waals surface area contributed by atoms with E-state index in [1.54, 1.807) is 0 Å². The molecule has 0 aliphatic carbocycles. The van der Waals surface area contributed by atoms with Crippen LogP contribution < -0.4 is 0 Å². The fraction of sp³-hybridized carbons (Fsp3) is 0.857. The molecule has 0 spiro atoms. The van der Waals surface area contributed by atoms with Crippen LogP contribution in [0.5, 0.6) is 0 Å². The third kappa shape index (κ3) is 5.19. The summed E-state index contributed by atoms with van der Waals surface area (Å²) < 4.78 is 0. The molecule has 1 heterocycles. The zero-order chi connectivity index (χ0) is 14.4. The molecule has 19 heavy (non-hydrogen) atoms. The Kier molecular flexibility index (Phi) is 6.28. The molecule has 110 valence electrons. The Morgan fingerprint density at radius 2 is 2.05 bits per heavy atom. The number of carboxylic acid groups (broad SMARTS) is 1. The molecule has 1 fully saturated rings. The zero-order valence-electron chi connectivity index (χ0n) is 12.3. The van der Waals surface area contributed by atoms with Crippen LogP contribution in [0.2, 0.25) is 0 Å². The maximum atomic E-state index is 12.3. The summed E-state index contributed by atoms with van der Waals surface area (Å²) in [5.41, 5.74) is 0. The van der Waals surface area contributed by atoms with Crippen molar-refractivity contribution < 1.29 is 14.7 Å². The number of carboxylic acids is 1. The predicted molar refractivity (Wildman–Crippen MR) is 74.0 cm³/mol. The van der Waals surface area contributed by atoms with E-state index in [1.807, 2.05) is 23.6 Å². The van der Waals surface area contributed by atoms with Gasteiger partial charge < -0.3 is 10.0 Å². The molecule has 0 aromatic carbocycles. The lowest BCUT2D eigenvalue weighted by Crippen LogP contribution is -2.48. The molecule has 1 atom stereocenters. The Labute approximate surface area is 115 Å². The molecule has 5 heteroatoms. The molecular weight excluding hydrogens is 244 g/mol. The number of piperidine rings is 1. The van der Waals surface area contributed by atoms with Crippen molar-refractivity contribution in [2.75, 3.05) is 19.6 Å². The van der Waals surface area contributed by atoms with Crippen molar-refractivity contribution in [1.82, 2.24) is 9.80 Å². The van der Waals surface area contributed by atoms with Gasteiger partial charge in [0.05, 0.1) is 13.0 Å². The minimum absolute atomic E-state index is 0.0843. The third-order valence-electron chi connectivity index (χ3n) is 3.80. The Morgan fingerprint density at radius 1 is 1.37 bits per heavy atom. The van der Waals surface area contributed by atoms with Gasteiger partial charge in [-0.05, 0) is 40.0 Å². The van der Waals surface area contributed by atoms with E-state index >= 15 is 0 Å². The van der Waals surface area contributed by atoms with Crippen molar-refractivity contribution in [1.29, 1.82) is 0 Å². The number of carbonyl (C=O) groups excluding carboxylic acids is 1. The quantitative estimate of drug-likeness (QED) is 0.796. The number of hydrogen-bond donors (Lipinski definition) is 1. The van der Waals surface area contributed by atoms with E-state index in [9.17, 15) is 9.59 Å². The van der Waals surface area contributed by atoms with Crippen LogP contribution in [0.15, 0.2) is 0 Å². The van der Waals surface area contributed by atoms with Gasteiger partial charge in [-0.1, -0.05) is 0 Å². The van der Waals surface area contributed by atoms with E-state index in [0.29, 0.717) is 19.1 Å². The molecule has 1 saturated heterocycles. The molecule has 0 radical (unpaired) electrons. The fourth-order valence-corrected chi connectivity index (χ4v) is 2.49. The number of likely N-dealkylation sites (tertiary alicyclic amines) is 1. The van der Waals surface area contributed by atoms with Crippen LogP contribution in [0, 0.1) is 0 Å². The number of hydrogen-bond acceptors (Lipinski definition) is 3. The summed E-state index contributed by atoms with van der Waals surface area (Å²) in [5.74, 6) is -0.685. The molecular formula is C14H26N2O3. The third-order valence-corrected chi connectivity index (χ3v) is 3.80. The zero-order valence-corrected chi connectivity index (χ0v) is 12.3. The molecule has 1 amide bonds. The lowest BCUT2D eigenvalue weighted by molar-refractivity contribution is -0.140. The second-order valence-corrected chi connectivity index (χ2v) is 5.64. The van der Waals surface area contributed by atoms with Crippen LogP contribution in [-0.4, -0.2) is 58.5 Å². The van der Waals surface area contributed by atoms with Gasteiger partial charge in [0.2, 0.25) is 5.91 Å². The second kappa shape index (κ2) is 7.48. The highest BCUT2D eigenvalue weighted by molar-refractivity contribution is 5.78. The molecule has 0 aromatic rings.